The molecule has 0 aromatic rings. The van der Waals surface area contributed by atoms with Crippen LogP contribution in [0.3, 0.4) is 0 Å². The Bertz CT molecular complexity index is 308. The summed E-state index contributed by atoms with van der Waals surface area (Å²) in [5.74, 6) is 0.0564. The Labute approximate surface area is 107 Å². The van der Waals surface area contributed by atoms with Crippen LogP contribution in [0.15, 0.2) is 0 Å². The highest BCUT2D eigenvalue weighted by atomic mass is 35.5. The van der Waals surface area contributed by atoms with E-state index < -0.39 is 10.0 Å². The number of unbranched alkanes of at least 4 members (excludes halogenated alkanes) is 1. The molecule has 0 bridgehead atoms. The molecule has 0 aliphatic carbocycles. The lowest BCUT2D eigenvalue weighted by atomic mass is 10.4. The Morgan fingerprint density at radius 3 is 2.65 bits per heavy atom. The minimum absolute atomic E-state index is 0.00886. The number of nitrogens with one attached hydrogen (secondary N) is 2. The molecule has 0 saturated heterocycles. The molecule has 0 fully saturated rings. The quantitative estimate of drug-likeness (QED) is 0.426. The van der Waals surface area contributed by atoms with E-state index in [1.54, 1.807) is 0 Å². The Hall–Kier alpha value is -0.370. The molecular formula is C9H19ClN2O4S. The van der Waals surface area contributed by atoms with Gasteiger partial charge in [0.15, 0.2) is 0 Å². The second kappa shape index (κ2) is 9.64. The molecule has 0 saturated carbocycles. The van der Waals surface area contributed by atoms with E-state index >= 15 is 0 Å². The summed E-state index contributed by atoms with van der Waals surface area (Å²) >= 11 is 5.44. The van der Waals surface area contributed by atoms with Gasteiger partial charge in [-0.15, -0.1) is 11.6 Å². The van der Waals surface area contributed by atoms with Gasteiger partial charge in [-0.1, -0.05) is 0 Å². The first-order chi connectivity index (χ1) is 8.02. The van der Waals surface area contributed by atoms with Crippen LogP contribution in [-0.2, 0) is 19.6 Å². The molecule has 17 heavy (non-hydrogen) atoms. The number of hydrogen-bond donors (Lipinski definition) is 2. The summed E-state index contributed by atoms with van der Waals surface area (Å²) in [5, 5.41) is 2.51. The molecule has 1 amide bonds. The third-order valence-electron chi connectivity index (χ3n) is 1.88. The van der Waals surface area contributed by atoms with Gasteiger partial charge in [0.1, 0.15) is 0 Å². The SMILES string of the molecule is COCCNC(=O)CNS(=O)(=O)CCCCCl. The third-order valence-corrected chi connectivity index (χ3v) is 3.56. The number of ether oxygens (including phenoxy) is 1. The predicted octanol–water partition coefficient (Wildman–Crippen LogP) is -0.313. The second-order valence-electron chi connectivity index (χ2n) is 3.38. The standard InChI is InChI=1S/C9H19ClN2O4S/c1-16-6-5-11-9(13)8-12-17(14,15)7-3-2-4-10/h12H,2-8H2,1H3,(H,11,13). The van der Waals surface area contributed by atoms with Gasteiger partial charge in [-0.2, -0.15) is 0 Å². The average molecular weight is 287 g/mol. The fraction of sp³-hybridized carbons (Fsp3) is 0.889. The van der Waals surface area contributed by atoms with Gasteiger partial charge >= 0.3 is 0 Å². The maximum atomic E-state index is 11.4. The Kier molecular flexibility index (Phi) is 9.43. The number of sulfonamides is 1. The molecule has 2 N–H and O–H groups in total. The van der Waals surface area contributed by atoms with Gasteiger partial charge in [0.25, 0.3) is 0 Å². The molecule has 0 aromatic heterocycles. The molecule has 102 valence electrons. The zero-order chi connectivity index (χ0) is 13.1. The molecule has 0 spiro atoms. The summed E-state index contributed by atoms with van der Waals surface area (Å²) in [4.78, 5) is 11.2. The van der Waals surface area contributed by atoms with Crippen LogP contribution in [0.1, 0.15) is 12.8 Å². The molecule has 0 rings (SSSR count). The topological polar surface area (TPSA) is 84.5 Å². The van der Waals surface area contributed by atoms with E-state index in [0.29, 0.717) is 31.9 Å². The summed E-state index contributed by atoms with van der Waals surface area (Å²) in [7, 11) is -1.86. The van der Waals surface area contributed by atoms with Crippen LogP contribution in [0.5, 0.6) is 0 Å². The zero-order valence-corrected chi connectivity index (χ0v) is 11.4. The molecule has 0 aliphatic heterocycles. The number of halogens is 1. The number of rotatable bonds is 10. The van der Waals surface area contributed by atoms with Gasteiger partial charge in [0.05, 0.1) is 18.9 Å². The van der Waals surface area contributed by atoms with Gasteiger partial charge in [0.2, 0.25) is 15.9 Å². The molecule has 0 unspecified atom stereocenters. The molecule has 0 heterocycles. The highest BCUT2D eigenvalue weighted by molar-refractivity contribution is 7.89. The van der Waals surface area contributed by atoms with Gasteiger partial charge in [-0.25, -0.2) is 13.1 Å². The molecular weight excluding hydrogens is 268 g/mol. The fourth-order valence-corrected chi connectivity index (χ4v) is 2.26. The summed E-state index contributed by atoms with van der Waals surface area (Å²) in [6, 6.07) is 0. The van der Waals surface area contributed by atoms with Crippen molar-refractivity contribution in [3.05, 3.63) is 0 Å². The van der Waals surface area contributed by atoms with Gasteiger partial charge < -0.3 is 10.1 Å². The Morgan fingerprint density at radius 2 is 2.06 bits per heavy atom. The van der Waals surface area contributed by atoms with Crippen molar-refractivity contribution in [3.8, 4) is 0 Å². The smallest absolute Gasteiger partial charge is 0.235 e. The molecule has 0 radical (unpaired) electrons. The van der Waals surface area contributed by atoms with Crippen LogP contribution < -0.4 is 10.0 Å². The highest BCUT2D eigenvalue weighted by Gasteiger charge is 2.11. The van der Waals surface area contributed by atoms with Crippen molar-refractivity contribution in [3.63, 3.8) is 0 Å². The average Bonchev–Trinajstić information content (AvgIpc) is 2.27. The van der Waals surface area contributed by atoms with Gasteiger partial charge in [0, 0.05) is 19.5 Å². The number of amides is 1. The van der Waals surface area contributed by atoms with E-state index in [-0.39, 0.29) is 18.2 Å². The minimum Gasteiger partial charge on any atom is -0.383 e. The van der Waals surface area contributed by atoms with E-state index in [1.807, 2.05) is 0 Å². The summed E-state index contributed by atoms with van der Waals surface area (Å²) < 4.78 is 29.7. The van der Waals surface area contributed by atoms with Crippen LogP contribution in [0, 0.1) is 0 Å². The van der Waals surface area contributed by atoms with Crippen LogP contribution in [0.2, 0.25) is 0 Å². The second-order valence-corrected chi connectivity index (χ2v) is 5.68. The van der Waals surface area contributed by atoms with Crippen LogP contribution in [0.4, 0.5) is 0 Å². The molecule has 0 atom stereocenters. The highest BCUT2D eigenvalue weighted by Crippen LogP contribution is 1.95. The number of hydrogen-bond acceptors (Lipinski definition) is 4. The number of carbonyl (C=O) groups excluding carboxylic acids is 1. The molecule has 0 aromatic carbocycles. The molecule has 8 heteroatoms. The first-order valence-electron chi connectivity index (χ1n) is 5.31. The van der Waals surface area contributed by atoms with Crippen LogP contribution >= 0.6 is 11.6 Å². The largest absolute Gasteiger partial charge is 0.383 e. The van der Waals surface area contributed by atoms with E-state index in [0.717, 1.165) is 0 Å². The number of alkyl halides is 1. The maximum Gasteiger partial charge on any atom is 0.235 e. The normalized spacial score (nSPS) is 11.4. The lowest BCUT2D eigenvalue weighted by molar-refractivity contribution is -0.120. The van der Waals surface area contributed by atoms with Crippen molar-refractivity contribution in [1.29, 1.82) is 0 Å². The van der Waals surface area contributed by atoms with E-state index in [9.17, 15) is 13.2 Å². The summed E-state index contributed by atoms with van der Waals surface area (Å²) in [6.45, 7) is 0.518. The Balaban J connectivity index is 3.73. The van der Waals surface area contributed by atoms with Crippen LogP contribution in [-0.4, -0.2) is 52.8 Å². The number of carbonyl (C=O) groups is 1. The number of methoxy groups -OCH3 is 1. The van der Waals surface area contributed by atoms with Crippen molar-refractivity contribution in [1.82, 2.24) is 10.0 Å². The summed E-state index contributed by atoms with van der Waals surface area (Å²) in [5.41, 5.74) is 0. The van der Waals surface area contributed by atoms with E-state index in [4.69, 9.17) is 16.3 Å². The van der Waals surface area contributed by atoms with Crippen molar-refractivity contribution >= 4 is 27.5 Å². The minimum atomic E-state index is -3.38. The van der Waals surface area contributed by atoms with Gasteiger partial charge in [-0.3, -0.25) is 4.79 Å². The summed E-state index contributed by atoms with van der Waals surface area (Å²) in [6.07, 6.45) is 1.13. The molecule has 6 nitrogen and oxygen atoms in total. The van der Waals surface area contributed by atoms with Crippen molar-refractivity contribution < 1.29 is 17.9 Å². The lowest BCUT2D eigenvalue weighted by Crippen LogP contribution is -2.38. The first-order valence-corrected chi connectivity index (χ1v) is 7.49. The monoisotopic (exact) mass is 286 g/mol. The maximum absolute atomic E-state index is 11.4. The molecule has 0 aliphatic rings. The first kappa shape index (κ1) is 16.6. The van der Waals surface area contributed by atoms with E-state index in [2.05, 4.69) is 10.0 Å². The third kappa shape index (κ3) is 10.5. The zero-order valence-electron chi connectivity index (χ0n) is 9.87. The lowest BCUT2D eigenvalue weighted by Gasteiger charge is -2.07. The van der Waals surface area contributed by atoms with Crippen molar-refractivity contribution in [2.45, 2.75) is 12.8 Å². The fourth-order valence-electron chi connectivity index (χ4n) is 0.989. The predicted molar refractivity (Wildman–Crippen MR) is 66.6 cm³/mol. The Morgan fingerprint density at radius 1 is 1.35 bits per heavy atom. The van der Waals surface area contributed by atoms with Gasteiger partial charge in [-0.05, 0) is 12.8 Å². The van der Waals surface area contributed by atoms with E-state index in [1.165, 1.54) is 7.11 Å². The van der Waals surface area contributed by atoms with Crippen molar-refractivity contribution in [2.75, 3.05) is 38.4 Å². The van der Waals surface area contributed by atoms with Crippen LogP contribution in [0.25, 0.3) is 0 Å². The van der Waals surface area contributed by atoms with Crippen molar-refractivity contribution in [2.24, 2.45) is 0 Å².